The average Bonchev–Trinajstić information content (AvgIpc) is 3.29. The molecule has 5 nitrogen and oxygen atoms in total. The standard InChI is InChI=1S/C19H23N3O2S/c20-16(6-12-4-2-1-3-5-12)18-21-17(11-25-18)19(24)22-9-13-7-15(23)8-14(13)10-22/h1-5,11,13-16,23H,6-10,20H2/t13-,14+,15?,16-/m0/s1. The first kappa shape index (κ1) is 16.7. The number of aliphatic hydroxyl groups is 1. The van der Waals surface area contributed by atoms with Crippen LogP contribution in [0.5, 0.6) is 0 Å². The summed E-state index contributed by atoms with van der Waals surface area (Å²) < 4.78 is 0. The molecule has 132 valence electrons. The summed E-state index contributed by atoms with van der Waals surface area (Å²) in [6, 6.07) is 9.90. The number of fused-ring (bicyclic) bond motifs is 1. The molecule has 4 rings (SSSR count). The second-order valence-corrected chi connectivity index (χ2v) is 8.11. The molecule has 2 fully saturated rings. The van der Waals surface area contributed by atoms with Crippen LogP contribution in [0, 0.1) is 11.8 Å². The van der Waals surface area contributed by atoms with E-state index in [0.717, 1.165) is 30.9 Å². The van der Waals surface area contributed by atoms with E-state index in [0.29, 0.717) is 24.0 Å². The smallest absolute Gasteiger partial charge is 0.273 e. The van der Waals surface area contributed by atoms with Gasteiger partial charge in [0, 0.05) is 18.5 Å². The second-order valence-electron chi connectivity index (χ2n) is 7.22. The fourth-order valence-electron chi connectivity index (χ4n) is 4.11. The summed E-state index contributed by atoms with van der Waals surface area (Å²) in [6.07, 6.45) is 2.17. The van der Waals surface area contributed by atoms with Gasteiger partial charge in [-0.2, -0.15) is 0 Å². The molecule has 1 saturated heterocycles. The fraction of sp³-hybridized carbons (Fsp3) is 0.474. The molecule has 2 heterocycles. The molecule has 1 unspecified atom stereocenters. The molecule has 0 bridgehead atoms. The van der Waals surface area contributed by atoms with Gasteiger partial charge in [0.15, 0.2) is 0 Å². The summed E-state index contributed by atoms with van der Waals surface area (Å²) in [5.41, 5.74) is 7.95. The van der Waals surface area contributed by atoms with Crippen LogP contribution in [0.4, 0.5) is 0 Å². The second kappa shape index (κ2) is 6.86. The Hall–Kier alpha value is -1.76. The lowest BCUT2D eigenvalue weighted by Gasteiger charge is -2.16. The number of amides is 1. The largest absolute Gasteiger partial charge is 0.393 e. The summed E-state index contributed by atoms with van der Waals surface area (Å²) in [5.74, 6) is 0.882. The van der Waals surface area contributed by atoms with Gasteiger partial charge in [0.2, 0.25) is 0 Å². The van der Waals surface area contributed by atoms with Crippen LogP contribution >= 0.6 is 11.3 Å². The first-order valence-electron chi connectivity index (χ1n) is 8.82. The molecule has 1 aromatic heterocycles. The van der Waals surface area contributed by atoms with Gasteiger partial charge >= 0.3 is 0 Å². The molecule has 1 aliphatic heterocycles. The molecule has 1 aliphatic carbocycles. The van der Waals surface area contributed by atoms with E-state index in [1.54, 1.807) is 0 Å². The van der Waals surface area contributed by atoms with Gasteiger partial charge in [-0.1, -0.05) is 30.3 Å². The van der Waals surface area contributed by atoms with Crippen molar-refractivity contribution in [2.24, 2.45) is 17.6 Å². The van der Waals surface area contributed by atoms with Gasteiger partial charge in [0.1, 0.15) is 10.7 Å². The SMILES string of the molecule is N[C@@H](Cc1ccccc1)c1nc(C(=O)N2C[C@H]3CC(O)C[C@H]3C2)cs1. The predicted molar refractivity (Wildman–Crippen MR) is 97.3 cm³/mol. The molecule has 2 aliphatic rings. The monoisotopic (exact) mass is 357 g/mol. The topological polar surface area (TPSA) is 79.5 Å². The number of likely N-dealkylation sites (tertiary alicyclic amines) is 1. The lowest BCUT2D eigenvalue weighted by atomic mass is 10.0. The lowest BCUT2D eigenvalue weighted by molar-refractivity contribution is 0.0760. The van der Waals surface area contributed by atoms with Crippen molar-refractivity contribution in [2.75, 3.05) is 13.1 Å². The number of hydrogen-bond acceptors (Lipinski definition) is 5. The molecule has 4 atom stereocenters. The van der Waals surface area contributed by atoms with Crippen LogP contribution < -0.4 is 5.73 Å². The van der Waals surface area contributed by atoms with Gasteiger partial charge in [-0.15, -0.1) is 11.3 Å². The molecule has 1 saturated carbocycles. The first-order valence-corrected chi connectivity index (χ1v) is 9.70. The van der Waals surface area contributed by atoms with Crippen molar-refractivity contribution in [1.29, 1.82) is 0 Å². The molecule has 1 aromatic carbocycles. The molecule has 2 aromatic rings. The minimum Gasteiger partial charge on any atom is -0.393 e. The third-order valence-corrected chi connectivity index (χ3v) is 6.35. The van der Waals surface area contributed by atoms with Crippen LogP contribution in [0.2, 0.25) is 0 Å². The number of aliphatic hydroxyl groups excluding tert-OH is 1. The Balaban J connectivity index is 1.40. The molecule has 25 heavy (non-hydrogen) atoms. The van der Waals surface area contributed by atoms with Crippen molar-refractivity contribution < 1.29 is 9.90 Å². The maximum Gasteiger partial charge on any atom is 0.273 e. The van der Waals surface area contributed by atoms with Crippen molar-refractivity contribution in [3.05, 3.63) is 52.0 Å². The molecular formula is C19H23N3O2S. The van der Waals surface area contributed by atoms with E-state index in [9.17, 15) is 9.90 Å². The minimum atomic E-state index is -0.193. The molecule has 3 N–H and O–H groups in total. The van der Waals surface area contributed by atoms with Gasteiger partial charge in [0.05, 0.1) is 12.1 Å². The zero-order valence-corrected chi connectivity index (χ0v) is 14.9. The molecule has 0 radical (unpaired) electrons. The van der Waals surface area contributed by atoms with Gasteiger partial charge in [-0.05, 0) is 36.7 Å². The summed E-state index contributed by atoms with van der Waals surface area (Å²) in [5, 5.41) is 12.4. The summed E-state index contributed by atoms with van der Waals surface area (Å²) in [7, 11) is 0. The van der Waals surface area contributed by atoms with Crippen molar-refractivity contribution in [1.82, 2.24) is 9.88 Å². The van der Waals surface area contributed by atoms with Gasteiger partial charge in [-0.25, -0.2) is 4.98 Å². The predicted octanol–water partition coefficient (Wildman–Crippen LogP) is 2.23. The number of rotatable bonds is 4. The summed E-state index contributed by atoms with van der Waals surface area (Å²) >= 11 is 1.46. The Morgan fingerprint density at radius 3 is 2.64 bits per heavy atom. The Morgan fingerprint density at radius 2 is 1.96 bits per heavy atom. The van der Waals surface area contributed by atoms with E-state index < -0.39 is 0 Å². The number of carbonyl (C=O) groups is 1. The van der Waals surface area contributed by atoms with Crippen LogP contribution in [0.1, 0.15) is 39.9 Å². The van der Waals surface area contributed by atoms with Crippen molar-refractivity contribution >= 4 is 17.2 Å². The fourth-order valence-corrected chi connectivity index (χ4v) is 4.90. The van der Waals surface area contributed by atoms with Crippen LogP contribution in [0.15, 0.2) is 35.7 Å². The highest BCUT2D eigenvalue weighted by molar-refractivity contribution is 7.09. The van der Waals surface area contributed by atoms with E-state index in [2.05, 4.69) is 17.1 Å². The Bertz CT molecular complexity index is 734. The number of aromatic nitrogens is 1. The third kappa shape index (κ3) is 3.47. The zero-order chi connectivity index (χ0) is 17.4. The zero-order valence-electron chi connectivity index (χ0n) is 14.0. The highest BCUT2D eigenvalue weighted by Crippen LogP contribution is 2.38. The maximum absolute atomic E-state index is 12.7. The van der Waals surface area contributed by atoms with Crippen LogP contribution in [0.25, 0.3) is 0 Å². The van der Waals surface area contributed by atoms with Crippen LogP contribution in [-0.2, 0) is 6.42 Å². The quantitative estimate of drug-likeness (QED) is 0.879. The van der Waals surface area contributed by atoms with E-state index in [-0.39, 0.29) is 18.1 Å². The van der Waals surface area contributed by atoms with Crippen molar-refractivity contribution in [2.45, 2.75) is 31.4 Å². The lowest BCUT2D eigenvalue weighted by Crippen LogP contribution is -2.30. The highest BCUT2D eigenvalue weighted by Gasteiger charge is 2.42. The number of nitrogens with two attached hydrogens (primary N) is 1. The van der Waals surface area contributed by atoms with Gasteiger partial charge in [0.25, 0.3) is 5.91 Å². The number of hydrogen-bond donors (Lipinski definition) is 2. The van der Waals surface area contributed by atoms with E-state index in [1.807, 2.05) is 28.5 Å². The van der Waals surface area contributed by atoms with Gasteiger partial charge < -0.3 is 15.7 Å². The molecule has 0 spiro atoms. The van der Waals surface area contributed by atoms with Crippen molar-refractivity contribution in [3.63, 3.8) is 0 Å². The van der Waals surface area contributed by atoms with Crippen molar-refractivity contribution in [3.8, 4) is 0 Å². The van der Waals surface area contributed by atoms with E-state index >= 15 is 0 Å². The molecular weight excluding hydrogens is 334 g/mol. The summed E-state index contributed by atoms with van der Waals surface area (Å²) in [6.45, 7) is 1.48. The normalized spacial score (nSPS) is 26.6. The average molecular weight is 357 g/mol. The first-order chi connectivity index (χ1) is 12.1. The van der Waals surface area contributed by atoms with Crippen LogP contribution in [0.3, 0.4) is 0 Å². The Labute approximate surface area is 151 Å². The number of carbonyl (C=O) groups excluding carboxylic acids is 1. The van der Waals surface area contributed by atoms with E-state index in [4.69, 9.17) is 5.73 Å². The number of benzene rings is 1. The Morgan fingerprint density at radius 1 is 1.28 bits per heavy atom. The van der Waals surface area contributed by atoms with Gasteiger partial charge in [-0.3, -0.25) is 4.79 Å². The number of nitrogens with zero attached hydrogens (tertiary/aromatic N) is 2. The third-order valence-electron chi connectivity index (χ3n) is 5.37. The highest BCUT2D eigenvalue weighted by atomic mass is 32.1. The minimum absolute atomic E-state index is 0.00157. The van der Waals surface area contributed by atoms with E-state index in [1.165, 1.54) is 16.9 Å². The Kier molecular flexibility index (Phi) is 4.58. The molecule has 6 heteroatoms. The summed E-state index contributed by atoms with van der Waals surface area (Å²) in [4.78, 5) is 19.1. The maximum atomic E-state index is 12.7. The van der Waals surface area contributed by atoms with Crippen LogP contribution in [-0.4, -0.2) is 40.1 Å². The molecule has 1 amide bonds. The number of thiazole rings is 1.